The van der Waals surface area contributed by atoms with E-state index in [1.165, 1.54) is 180 Å². The van der Waals surface area contributed by atoms with Gasteiger partial charge >= 0.3 is 0 Å². The standard InChI is InChI=1S/C63H119NO18/c1-3-5-7-9-11-13-14-15-16-17-18-19-20-21-22-23-24-25-26-27-28-29-30-31-33-34-36-38-40-47(68)46(64-51(69)41-39-37-35-32-12-10-8-6-4-2)45-77-61-57(75)54(72)59(49(43-66)79-61)82-63-58(76)55(73)60(50(44-67)80-63)81-62-56(74)53(71)52(70)48(42-65)78-62/h38,40,46-50,52-63,65-68,70-76H,3-37,39,41-45H2,1-2H3,(H,64,69)/b40-38+. The van der Waals surface area contributed by atoms with Gasteiger partial charge in [-0.2, -0.15) is 0 Å². The number of amides is 1. The van der Waals surface area contributed by atoms with Crippen molar-refractivity contribution >= 4 is 5.91 Å². The van der Waals surface area contributed by atoms with Gasteiger partial charge in [0.25, 0.3) is 0 Å². The van der Waals surface area contributed by atoms with Crippen molar-refractivity contribution in [1.29, 1.82) is 0 Å². The highest BCUT2D eigenvalue weighted by Crippen LogP contribution is 2.33. The van der Waals surface area contributed by atoms with Crippen LogP contribution in [0.2, 0.25) is 0 Å². The molecule has 17 atom stereocenters. The van der Waals surface area contributed by atoms with E-state index in [9.17, 15) is 61.0 Å². The molecule has 3 rings (SSSR count). The maximum Gasteiger partial charge on any atom is 0.220 e. The Labute approximate surface area is 493 Å². The fraction of sp³-hybridized carbons (Fsp3) is 0.952. The summed E-state index contributed by atoms with van der Waals surface area (Å²) in [6.45, 7) is 1.71. The summed E-state index contributed by atoms with van der Waals surface area (Å²) in [6.07, 6.45) is 22.3. The molecule has 0 aliphatic carbocycles. The predicted molar refractivity (Wildman–Crippen MR) is 314 cm³/mol. The van der Waals surface area contributed by atoms with Gasteiger partial charge in [-0.15, -0.1) is 0 Å². The molecule has 0 aromatic rings. The van der Waals surface area contributed by atoms with Crippen molar-refractivity contribution in [1.82, 2.24) is 5.32 Å². The molecule has 17 unspecified atom stereocenters. The summed E-state index contributed by atoms with van der Waals surface area (Å²) in [5.74, 6) is -0.276. The molecule has 12 N–H and O–H groups in total. The number of aliphatic hydroxyl groups is 11. The number of hydrogen-bond donors (Lipinski definition) is 12. The first kappa shape index (κ1) is 74.8. The minimum Gasteiger partial charge on any atom is -0.394 e. The first-order chi connectivity index (χ1) is 39.8. The second-order valence-corrected chi connectivity index (χ2v) is 23.9. The minimum atomic E-state index is -1.97. The van der Waals surface area contributed by atoms with Crippen molar-refractivity contribution in [3.63, 3.8) is 0 Å². The second kappa shape index (κ2) is 46.7. The summed E-state index contributed by atoms with van der Waals surface area (Å²) in [5, 5.41) is 120. The number of aliphatic hydroxyl groups excluding tert-OH is 11. The average Bonchev–Trinajstić information content (AvgIpc) is 3.49. The molecule has 3 aliphatic rings. The van der Waals surface area contributed by atoms with Crippen LogP contribution in [0.4, 0.5) is 0 Å². The highest BCUT2D eigenvalue weighted by atomic mass is 16.8. The molecule has 0 aromatic carbocycles. The van der Waals surface area contributed by atoms with Gasteiger partial charge in [-0.1, -0.05) is 238 Å². The lowest BCUT2D eigenvalue weighted by Gasteiger charge is -2.48. The fourth-order valence-corrected chi connectivity index (χ4v) is 11.4. The van der Waals surface area contributed by atoms with E-state index in [-0.39, 0.29) is 18.9 Å². The van der Waals surface area contributed by atoms with Crippen LogP contribution in [-0.4, -0.2) is 193 Å². The van der Waals surface area contributed by atoms with Crippen molar-refractivity contribution in [2.75, 3.05) is 26.4 Å². The quantitative estimate of drug-likeness (QED) is 0.0210. The van der Waals surface area contributed by atoms with Crippen LogP contribution in [0.1, 0.15) is 251 Å². The van der Waals surface area contributed by atoms with Crippen LogP contribution in [0.5, 0.6) is 0 Å². The number of carbonyl (C=O) groups is 1. The van der Waals surface area contributed by atoms with Gasteiger partial charge < -0.3 is 89.9 Å². The van der Waals surface area contributed by atoms with Crippen LogP contribution in [0.3, 0.4) is 0 Å². The van der Waals surface area contributed by atoms with Crippen molar-refractivity contribution in [3.05, 3.63) is 12.2 Å². The smallest absolute Gasteiger partial charge is 0.220 e. The summed E-state index contributed by atoms with van der Waals surface area (Å²) >= 11 is 0. The lowest BCUT2D eigenvalue weighted by atomic mass is 9.96. The third-order valence-corrected chi connectivity index (χ3v) is 16.8. The van der Waals surface area contributed by atoms with E-state index in [0.717, 1.165) is 44.9 Å². The SMILES string of the molecule is CCCCCCCCCCCCCCCCCCCCCCCCCCCC/C=C/C(O)C(COC1OC(CO)C(OC2OC(CO)C(OC3OC(CO)C(O)C(O)C3O)C(O)C2O)C(O)C1O)NC(=O)CCCCCCCCCCC. The van der Waals surface area contributed by atoms with Gasteiger partial charge in [-0.25, -0.2) is 0 Å². The molecule has 3 saturated heterocycles. The molecular weight excluding hydrogens is 1060 g/mol. The molecule has 484 valence electrons. The number of unbranched alkanes of at least 4 members (excludes halogenated alkanes) is 34. The van der Waals surface area contributed by atoms with Crippen LogP contribution in [-0.2, 0) is 33.2 Å². The zero-order valence-electron chi connectivity index (χ0n) is 50.7. The highest BCUT2D eigenvalue weighted by Gasteiger charge is 2.53. The summed E-state index contributed by atoms with van der Waals surface area (Å²) < 4.78 is 34.2. The van der Waals surface area contributed by atoms with Crippen LogP contribution in [0.15, 0.2) is 12.2 Å². The molecule has 0 bridgehead atoms. The molecule has 0 saturated carbocycles. The van der Waals surface area contributed by atoms with Gasteiger partial charge in [0.1, 0.15) is 73.2 Å². The van der Waals surface area contributed by atoms with Crippen molar-refractivity contribution in [2.24, 2.45) is 0 Å². The van der Waals surface area contributed by atoms with Gasteiger partial charge in [0.2, 0.25) is 5.91 Å². The molecule has 3 heterocycles. The molecule has 3 fully saturated rings. The van der Waals surface area contributed by atoms with E-state index in [1.807, 2.05) is 6.08 Å². The first-order valence-corrected chi connectivity index (χ1v) is 32.9. The molecule has 19 nitrogen and oxygen atoms in total. The molecule has 0 aromatic heterocycles. The van der Waals surface area contributed by atoms with Crippen LogP contribution < -0.4 is 5.32 Å². The summed E-state index contributed by atoms with van der Waals surface area (Å²) in [5.41, 5.74) is 0. The molecule has 0 spiro atoms. The molecule has 82 heavy (non-hydrogen) atoms. The van der Waals surface area contributed by atoms with Crippen LogP contribution in [0.25, 0.3) is 0 Å². The summed E-state index contributed by atoms with van der Waals surface area (Å²) in [6, 6.07) is -0.966. The van der Waals surface area contributed by atoms with Crippen LogP contribution in [0, 0.1) is 0 Å². The van der Waals surface area contributed by atoms with Crippen LogP contribution >= 0.6 is 0 Å². The molecule has 0 radical (unpaired) electrons. The van der Waals surface area contributed by atoms with Gasteiger partial charge in [0.05, 0.1) is 38.6 Å². The first-order valence-electron chi connectivity index (χ1n) is 32.9. The lowest BCUT2D eigenvalue weighted by Crippen LogP contribution is -2.66. The summed E-state index contributed by atoms with van der Waals surface area (Å²) in [4.78, 5) is 13.3. The Hall–Kier alpha value is -1.47. The zero-order valence-corrected chi connectivity index (χ0v) is 50.7. The predicted octanol–water partition coefficient (Wildman–Crippen LogP) is 7.33. The highest BCUT2D eigenvalue weighted by molar-refractivity contribution is 5.76. The number of carbonyl (C=O) groups excluding carboxylic acids is 1. The topological polar surface area (TPSA) is 307 Å². The van der Waals surface area contributed by atoms with Gasteiger partial charge in [-0.05, 0) is 19.3 Å². The third-order valence-electron chi connectivity index (χ3n) is 16.8. The molecule has 3 aliphatic heterocycles. The number of ether oxygens (including phenoxy) is 6. The largest absolute Gasteiger partial charge is 0.394 e. The van der Waals surface area contributed by atoms with E-state index in [0.29, 0.717) is 6.42 Å². The number of allylic oxidation sites excluding steroid dienone is 1. The fourth-order valence-electron chi connectivity index (χ4n) is 11.4. The molecular formula is C63H119NO18. The third kappa shape index (κ3) is 29.5. The number of rotatable bonds is 50. The van der Waals surface area contributed by atoms with E-state index in [4.69, 9.17) is 28.4 Å². The Bertz CT molecular complexity index is 1550. The van der Waals surface area contributed by atoms with Crippen molar-refractivity contribution in [3.8, 4) is 0 Å². The Kier molecular flexibility index (Phi) is 42.5. The Balaban J connectivity index is 1.39. The maximum absolute atomic E-state index is 13.3. The van der Waals surface area contributed by atoms with Crippen molar-refractivity contribution < 1.29 is 89.4 Å². The zero-order chi connectivity index (χ0) is 59.7. The second-order valence-electron chi connectivity index (χ2n) is 23.9. The Morgan fingerprint density at radius 2 is 0.756 bits per heavy atom. The van der Waals surface area contributed by atoms with E-state index < -0.39 is 124 Å². The number of hydrogen-bond acceptors (Lipinski definition) is 18. The lowest BCUT2D eigenvalue weighted by molar-refractivity contribution is -0.379. The number of nitrogens with one attached hydrogen (secondary N) is 1. The van der Waals surface area contributed by atoms with Gasteiger partial charge in [0, 0.05) is 6.42 Å². The Morgan fingerprint density at radius 1 is 0.427 bits per heavy atom. The van der Waals surface area contributed by atoms with Crippen molar-refractivity contribution in [2.45, 2.75) is 356 Å². The minimum absolute atomic E-state index is 0.247. The molecule has 19 heteroatoms. The van der Waals surface area contributed by atoms with E-state index in [2.05, 4.69) is 19.2 Å². The van der Waals surface area contributed by atoms with Gasteiger partial charge in [0.15, 0.2) is 18.9 Å². The van der Waals surface area contributed by atoms with E-state index in [1.54, 1.807) is 6.08 Å². The summed E-state index contributed by atoms with van der Waals surface area (Å²) in [7, 11) is 0. The monoisotopic (exact) mass is 1180 g/mol. The normalized spacial score (nSPS) is 29.6. The van der Waals surface area contributed by atoms with E-state index >= 15 is 0 Å². The van der Waals surface area contributed by atoms with Gasteiger partial charge in [-0.3, -0.25) is 4.79 Å². The molecule has 1 amide bonds. The Morgan fingerprint density at radius 3 is 1.15 bits per heavy atom. The maximum atomic E-state index is 13.3. The average molecular weight is 1180 g/mol.